The van der Waals surface area contributed by atoms with Crippen molar-refractivity contribution in [3.8, 4) is 0 Å². The van der Waals surface area contributed by atoms with Crippen LogP contribution in [0.25, 0.3) is 0 Å². The molecule has 2 rings (SSSR count). The molecule has 2 nitrogen and oxygen atoms in total. The molecular formula is C16H22BrNO. The Hall–Kier alpha value is -0.670. The van der Waals surface area contributed by atoms with Crippen LogP contribution < -0.4 is 0 Å². The van der Waals surface area contributed by atoms with Gasteiger partial charge in [-0.05, 0) is 58.7 Å². The highest BCUT2D eigenvalue weighted by atomic mass is 79.9. The molecule has 0 aliphatic heterocycles. The van der Waals surface area contributed by atoms with Gasteiger partial charge in [0.2, 0.25) is 0 Å². The Kier molecular flexibility index (Phi) is 4.17. The maximum absolute atomic E-state index is 10.9. The summed E-state index contributed by atoms with van der Waals surface area (Å²) in [5.41, 5.74) is 0.496. The van der Waals surface area contributed by atoms with Crippen molar-refractivity contribution in [1.29, 1.82) is 0 Å². The zero-order valence-corrected chi connectivity index (χ0v) is 13.3. The predicted octanol–water partition coefficient (Wildman–Crippen LogP) is 4.13. The topological polar surface area (TPSA) is 33.1 Å². The number of aromatic nitrogens is 1. The van der Waals surface area contributed by atoms with Crippen molar-refractivity contribution in [2.45, 2.75) is 45.1 Å². The summed E-state index contributed by atoms with van der Waals surface area (Å²) < 4.78 is 0.878. The van der Waals surface area contributed by atoms with Crippen molar-refractivity contribution in [2.24, 2.45) is 11.3 Å². The van der Waals surface area contributed by atoms with Crippen molar-refractivity contribution in [3.05, 3.63) is 41.2 Å². The lowest BCUT2D eigenvalue weighted by molar-refractivity contribution is -0.0666. The lowest BCUT2D eigenvalue weighted by atomic mass is 9.59. The highest BCUT2D eigenvalue weighted by Crippen LogP contribution is 2.48. The highest BCUT2D eigenvalue weighted by Gasteiger charge is 2.46. The van der Waals surface area contributed by atoms with Gasteiger partial charge >= 0.3 is 0 Å². The van der Waals surface area contributed by atoms with Crippen molar-refractivity contribution < 1.29 is 5.11 Å². The fraction of sp³-hybridized carbons (Fsp3) is 0.562. The van der Waals surface area contributed by atoms with E-state index in [9.17, 15) is 5.11 Å². The first-order valence-corrected chi connectivity index (χ1v) is 7.64. The lowest BCUT2D eigenvalue weighted by Crippen LogP contribution is -2.48. The van der Waals surface area contributed by atoms with Gasteiger partial charge in [-0.3, -0.25) is 0 Å². The molecule has 1 aromatic rings. The number of nitrogens with zero attached hydrogens (tertiary/aromatic N) is 1. The van der Waals surface area contributed by atoms with Gasteiger partial charge in [-0.2, -0.15) is 0 Å². The molecule has 1 N–H and O–H groups in total. The second-order valence-electron chi connectivity index (χ2n) is 6.25. The fourth-order valence-electron chi connectivity index (χ4n) is 3.34. The Morgan fingerprint density at radius 2 is 2.26 bits per heavy atom. The van der Waals surface area contributed by atoms with Gasteiger partial charge < -0.3 is 5.11 Å². The maximum Gasteiger partial charge on any atom is 0.109 e. The van der Waals surface area contributed by atoms with Gasteiger partial charge in [-0.15, -0.1) is 6.58 Å². The molecule has 1 saturated carbocycles. The van der Waals surface area contributed by atoms with E-state index < -0.39 is 5.60 Å². The summed E-state index contributed by atoms with van der Waals surface area (Å²) in [5.74, 6) is 0.173. The van der Waals surface area contributed by atoms with E-state index in [4.69, 9.17) is 0 Å². The predicted molar refractivity (Wildman–Crippen MR) is 81.9 cm³/mol. The Balaban J connectivity index is 2.33. The molecule has 1 aromatic heterocycles. The van der Waals surface area contributed by atoms with Crippen molar-refractivity contribution in [1.82, 2.24) is 4.98 Å². The molecule has 0 unspecified atom stereocenters. The van der Waals surface area contributed by atoms with Crippen molar-refractivity contribution in [3.63, 3.8) is 0 Å². The number of halogens is 1. The normalized spacial score (nSPS) is 30.0. The van der Waals surface area contributed by atoms with Crippen LogP contribution in [0, 0.1) is 11.3 Å². The lowest BCUT2D eigenvalue weighted by Gasteiger charge is -2.48. The summed E-state index contributed by atoms with van der Waals surface area (Å²) in [6, 6.07) is 4.02. The maximum atomic E-state index is 10.9. The number of hydrogen-bond donors (Lipinski definition) is 1. The number of rotatable bonds is 3. The van der Waals surface area contributed by atoms with Crippen LogP contribution in [0.4, 0.5) is 0 Å². The summed E-state index contributed by atoms with van der Waals surface area (Å²) in [4.78, 5) is 4.28. The van der Waals surface area contributed by atoms with Gasteiger partial charge in [0, 0.05) is 12.1 Å². The molecule has 0 aromatic carbocycles. The standard InChI is InChI=1S/C16H22BrNO/c1-4-16(19)9-6-8-15(2,3)13(16)11-12-7-5-10-18-14(12)17/h4-5,7,10,13,19H,1,6,8-9,11H2,2-3H3/t13-,16+/m1/s1. The van der Waals surface area contributed by atoms with E-state index in [1.165, 1.54) is 0 Å². The minimum Gasteiger partial charge on any atom is -0.385 e. The summed E-state index contributed by atoms with van der Waals surface area (Å²) >= 11 is 3.50. The zero-order valence-electron chi connectivity index (χ0n) is 11.7. The van der Waals surface area contributed by atoms with Crippen LogP contribution >= 0.6 is 15.9 Å². The summed E-state index contributed by atoms with van der Waals surface area (Å²) in [6.07, 6.45) is 7.35. The SMILES string of the molecule is C=C[C@]1(O)CCCC(C)(C)[C@H]1Cc1cccnc1Br. The molecule has 0 bridgehead atoms. The molecule has 1 aliphatic rings. The van der Waals surface area contributed by atoms with Gasteiger partial charge in [0.05, 0.1) is 5.60 Å². The van der Waals surface area contributed by atoms with Gasteiger partial charge in [0.25, 0.3) is 0 Å². The molecule has 0 radical (unpaired) electrons. The van der Waals surface area contributed by atoms with E-state index in [1.54, 1.807) is 12.3 Å². The molecule has 104 valence electrons. The Morgan fingerprint density at radius 3 is 2.89 bits per heavy atom. The van der Waals surface area contributed by atoms with Crippen molar-refractivity contribution >= 4 is 15.9 Å². The number of aliphatic hydroxyl groups is 1. The van der Waals surface area contributed by atoms with E-state index in [-0.39, 0.29) is 11.3 Å². The van der Waals surface area contributed by atoms with Crippen LogP contribution in [-0.2, 0) is 6.42 Å². The fourth-order valence-corrected chi connectivity index (χ4v) is 3.75. The zero-order chi connectivity index (χ0) is 14.1. The molecule has 2 atom stereocenters. The smallest absolute Gasteiger partial charge is 0.109 e. The second-order valence-corrected chi connectivity index (χ2v) is 7.00. The molecule has 1 aliphatic carbocycles. The van der Waals surface area contributed by atoms with Crippen LogP contribution in [0.5, 0.6) is 0 Å². The third kappa shape index (κ3) is 2.92. The van der Waals surface area contributed by atoms with E-state index in [1.807, 2.05) is 6.07 Å². The molecule has 3 heteroatoms. The average molecular weight is 324 g/mol. The van der Waals surface area contributed by atoms with Gasteiger partial charge in [0.1, 0.15) is 4.60 Å². The van der Waals surface area contributed by atoms with Gasteiger partial charge in [-0.25, -0.2) is 4.98 Å². The quantitative estimate of drug-likeness (QED) is 0.670. The van der Waals surface area contributed by atoms with Crippen LogP contribution in [0.15, 0.2) is 35.6 Å². The number of hydrogen-bond acceptors (Lipinski definition) is 2. The second kappa shape index (κ2) is 5.37. The summed E-state index contributed by atoms with van der Waals surface area (Å²) in [6.45, 7) is 8.35. The highest BCUT2D eigenvalue weighted by molar-refractivity contribution is 9.10. The molecule has 19 heavy (non-hydrogen) atoms. The summed E-state index contributed by atoms with van der Waals surface area (Å²) in [7, 11) is 0. The molecule has 1 fully saturated rings. The van der Waals surface area contributed by atoms with E-state index >= 15 is 0 Å². The van der Waals surface area contributed by atoms with Gasteiger partial charge in [0.15, 0.2) is 0 Å². The molecule has 0 saturated heterocycles. The molecular weight excluding hydrogens is 302 g/mol. The molecule has 1 heterocycles. The van der Waals surface area contributed by atoms with Crippen LogP contribution in [0.2, 0.25) is 0 Å². The Labute approximate surface area is 124 Å². The third-order valence-electron chi connectivity index (χ3n) is 4.56. The number of pyridine rings is 1. The first-order chi connectivity index (χ1) is 8.89. The van der Waals surface area contributed by atoms with Crippen LogP contribution in [0.3, 0.4) is 0 Å². The monoisotopic (exact) mass is 323 g/mol. The third-order valence-corrected chi connectivity index (χ3v) is 5.27. The largest absolute Gasteiger partial charge is 0.385 e. The van der Waals surface area contributed by atoms with Gasteiger partial charge in [-0.1, -0.05) is 26.0 Å². The first-order valence-electron chi connectivity index (χ1n) is 6.84. The first kappa shape index (κ1) is 14.7. The average Bonchev–Trinajstić information content (AvgIpc) is 2.36. The van der Waals surface area contributed by atoms with Crippen LogP contribution in [0.1, 0.15) is 38.7 Å². The van der Waals surface area contributed by atoms with Crippen LogP contribution in [-0.4, -0.2) is 15.7 Å². The van der Waals surface area contributed by atoms with Crippen molar-refractivity contribution in [2.75, 3.05) is 0 Å². The minimum atomic E-state index is -0.767. The molecule has 0 spiro atoms. The van der Waals surface area contributed by atoms with E-state index in [0.29, 0.717) is 0 Å². The summed E-state index contributed by atoms with van der Waals surface area (Å²) in [5, 5.41) is 10.9. The minimum absolute atomic E-state index is 0.108. The Bertz CT molecular complexity index is 472. The van der Waals surface area contributed by atoms with E-state index in [0.717, 1.165) is 35.8 Å². The molecule has 0 amide bonds. The Morgan fingerprint density at radius 1 is 1.53 bits per heavy atom. The van der Waals surface area contributed by atoms with E-state index in [2.05, 4.69) is 47.4 Å².